The van der Waals surface area contributed by atoms with E-state index in [0.29, 0.717) is 12.0 Å². The number of rotatable bonds is 4. The summed E-state index contributed by atoms with van der Waals surface area (Å²) in [4.78, 5) is 16.8. The standard InChI is InChI=1S/C21H25N3O2/c25-21(26-14-15-7-2-1-3-8-15)24-19-13-18(16-9-4-5-10-16)23-17-11-6-12-22-20(17)19/h1-3,6-8,11-12,16,18-19,23H,4-5,9-10,13-14H2,(H,24,25)/t18-,19+/m0/s1. The summed E-state index contributed by atoms with van der Waals surface area (Å²) in [6, 6.07) is 14.0. The van der Waals surface area contributed by atoms with Crippen molar-refractivity contribution in [1.29, 1.82) is 0 Å². The second kappa shape index (κ2) is 7.77. The van der Waals surface area contributed by atoms with Crippen LogP contribution in [0, 0.1) is 5.92 Å². The van der Waals surface area contributed by atoms with Gasteiger partial charge in [-0.3, -0.25) is 4.98 Å². The molecule has 0 bridgehead atoms. The number of hydrogen-bond donors (Lipinski definition) is 2. The number of pyridine rings is 1. The highest BCUT2D eigenvalue weighted by Gasteiger charge is 2.34. The van der Waals surface area contributed by atoms with Crippen molar-refractivity contribution >= 4 is 11.8 Å². The molecular formula is C21H25N3O2. The van der Waals surface area contributed by atoms with Crippen LogP contribution in [-0.2, 0) is 11.3 Å². The van der Waals surface area contributed by atoms with Gasteiger partial charge in [0.2, 0.25) is 0 Å². The summed E-state index contributed by atoms with van der Waals surface area (Å²) in [5.41, 5.74) is 2.91. The lowest BCUT2D eigenvalue weighted by atomic mass is 9.87. The number of anilines is 1. The first-order chi connectivity index (χ1) is 12.8. The molecule has 1 aromatic carbocycles. The number of amides is 1. The lowest BCUT2D eigenvalue weighted by molar-refractivity contribution is 0.133. The zero-order valence-electron chi connectivity index (χ0n) is 14.9. The lowest BCUT2D eigenvalue weighted by Gasteiger charge is -2.35. The summed E-state index contributed by atoms with van der Waals surface area (Å²) in [6.45, 7) is 0.277. The van der Waals surface area contributed by atoms with Crippen LogP contribution in [0.15, 0.2) is 48.7 Å². The van der Waals surface area contributed by atoms with Gasteiger partial charge in [-0.2, -0.15) is 0 Å². The molecule has 1 saturated carbocycles. The molecule has 2 N–H and O–H groups in total. The van der Waals surface area contributed by atoms with Gasteiger partial charge in [-0.15, -0.1) is 0 Å². The normalized spacial score (nSPS) is 22.3. The number of carbonyl (C=O) groups excluding carboxylic acids is 1. The molecule has 5 heteroatoms. The fraction of sp³-hybridized carbons (Fsp3) is 0.429. The molecule has 2 aliphatic rings. The Hall–Kier alpha value is -2.56. The summed E-state index contributed by atoms with van der Waals surface area (Å²) in [6.07, 6.45) is 7.38. The number of benzene rings is 1. The van der Waals surface area contributed by atoms with Crippen molar-refractivity contribution in [3.05, 3.63) is 59.9 Å². The lowest BCUT2D eigenvalue weighted by Crippen LogP contribution is -2.40. The molecule has 1 aliphatic heterocycles. The number of carbonyl (C=O) groups is 1. The molecule has 1 aliphatic carbocycles. The fourth-order valence-electron chi connectivity index (χ4n) is 4.15. The Morgan fingerprint density at radius 3 is 2.77 bits per heavy atom. The van der Waals surface area contributed by atoms with Gasteiger partial charge in [-0.25, -0.2) is 4.79 Å². The van der Waals surface area contributed by atoms with E-state index in [1.807, 2.05) is 42.5 Å². The zero-order chi connectivity index (χ0) is 17.8. The molecule has 0 spiro atoms. The van der Waals surface area contributed by atoms with Gasteiger partial charge < -0.3 is 15.4 Å². The van der Waals surface area contributed by atoms with Gasteiger partial charge in [0.25, 0.3) is 0 Å². The second-order valence-electron chi connectivity index (χ2n) is 7.23. The van der Waals surface area contributed by atoms with E-state index in [2.05, 4.69) is 15.6 Å². The monoisotopic (exact) mass is 351 g/mol. The maximum atomic E-state index is 12.3. The van der Waals surface area contributed by atoms with Crippen molar-refractivity contribution in [3.8, 4) is 0 Å². The van der Waals surface area contributed by atoms with E-state index >= 15 is 0 Å². The van der Waals surface area contributed by atoms with Crippen LogP contribution < -0.4 is 10.6 Å². The Kier molecular flexibility index (Phi) is 5.04. The van der Waals surface area contributed by atoms with Gasteiger partial charge in [0.1, 0.15) is 6.61 Å². The second-order valence-corrected chi connectivity index (χ2v) is 7.23. The van der Waals surface area contributed by atoms with E-state index in [9.17, 15) is 4.79 Å². The fourth-order valence-corrected chi connectivity index (χ4v) is 4.15. The van der Waals surface area contributed by atoms with Crippen LogP contribution in [0.1, 0.15) is 49.4 Å². The summed E-state index contributed by atoms with van der Waals surface area (Å²) in [5.74, 6) is 0.674. The first-order valence-electron chi connectivity index (χ1n) is 9.48. The van der Waals surface area contributed by atoms with Gasteiger partial charge in [0.15, 0.2) is 0 Å². The largest absolute Gasteiger partial charge is 0.445 e. The number of aromatic nitrogens is 1. The maximum Gasteiger partial charge on any atom is 0.408 e. The average Bonchev–Trinajstić information content (AvgIpc) is 3.22. The number of nitrogens with zero attached hydrogens (tertiary/aromatic N) is 1. The third-order valence-corrected chi connectivity index (χ3v) is 5.47. The molecule has 0 saturated heterocycles. The van der Waals surface area contributed by atoms with E-state index in [0.717, 1.165) is 23.4 Å². The molecule has 1 amide bonds. The molecule has 4 rings (SSSR count). The average molecular weight is 351 g/mol. The van der Waals surface area contributed by atoms with E-state index in [4.69, 9.17) is 4.74 Å². The summed E-state index contributed by atoms with van der Waals surface area (Å²) >= 11 is 0. The number of ether oxygens (including phenoxy) is 1. The molecule has 2 atom stereocenters. The van der Waals surface area contributed by atoms with Crippen LogP contribution in [0.5, 0.6) is 0 Å². The van der Waals surface area contributed by atoms with Crippen LogP contribution in [0.25, 0.3) is 0 Å². The minimum Gasteiger partial charge on any atom is -0.445 e. The zero-order valence-corrected chi connectivity index (χ0v) is 14.9. The highest BCUT2D eigenvalue weighted by molar-refractivity contribution is 5.69. The number of nitrogens with one attached hydrogen (secondary N) is 2. The first kappa shape index (κ1) is 16.9. The van der Waals surface area contributed by atoms with Crippen LogP contribution >= 0.6 is 0 Å². The third-order valence-electron chi connectivity index (χ3n) is 5.47. The molecule has 0 unspecified atom stereocenters. The topological polar surface area (TPSA) is 63.2 Å². The van der Waals surface area contributed by atoms with Crippen LogP contribution in [0.2, 0.25) is 0 Å². The smallest absolute Gasteiger partial charge is 0.408 e. The molecule has 1 fully saturated rings. The molecular weight excluding hydrogens is 326 g/mol. The van der Waals surface area contributed by atoms with Gasteiger partial charge in [0.05, 0.1) is 17.4 Å². The highest BCUT2D eigenvalue weighted by atomic mass is 16.5. The quantitative estimate of drug-likeness (QED) is 0.856. The van der Waals surface area contributed by atoms with E-state index in [1.54, 1.807) is 6.20 Å². The van der Waals surface area contributed by atoms with E-state index < -0.39 is 0 Å². The van der Waals surface area contributed by atoms with Crippen molar-refractivity contribution < 1.29 is 9.53 Å². The molecule has 2 heterocycles. The predicted molar refractivity (Wildman–Crippen MR) is 101 cm³/mol. The van der Waals surface area contributed by atoms with Crippen molar-refractivity contribution in [2.24, 2.45) is 5.92 Å². The van der Waals surface area contributed by atoms with Crippen molar-refractivity contribution in [2.45, 2.75) is 50.8 Å². The number of fused-ring (bicyclic) bond motifs is 1. The number of hydrogen-bond acceptors (Lipinski definition) is 4. The maximum absolute atomic E-state index is 12.3. The molecule has 0 radical (unpaired) electrons. The minimum absolute atomic E-state index is 0.110. The van der Waals surface area contributed by atoms with Gasteiger partial charge >= 0.3 is 6.09 Å². The Balaban J connectivity index is 1.42. The summed E-state index contributed by atoms with van der Waals surface area (Å²) in [5, 5.41) is 6.68. The highest BCUT2D eigenvalue weighted by Crippen LogP contribution is 2.38. The van der Waals surface area contributed by atoms with Gasteiger partial charge in [0, 0.05) is 12.2 Å². The molecule has 2 aromatic rings. The first-order valence-corrected chi connectivity index (χ1v) is 9.48. The van der Waals surface area contributed by atoms with Gasteiger partial charge in [-0.1, -0.05) is 43.2 Å². The Morgan fingerprint density at radius 2 is 1.96 bits per heavy atom. The predicted octanol–water partition coefficient (Wildman–Crippen LogP) is 4.42. The SMILES string of the molecule is O=C(N[C@@H]1C[C@@H](C2CCCC2)Nc2cccnc21)OCc1ccccc1. The molecule has 5 nitrogen and oxygen atoms in total. The molecule has 26 heavy (non-hydrogen) atoms. The third kappa shape index (κ3) is 3.82. The van der Waals surface area contributed by atoms with Crippen molar-refractivity contribution in [2.75, 3.05) is 5.32 Å². The van der Waals surface area contributed by atoms with E-state index in [1.165, 1.54) is 25.7 Å². The van der Waals surface area contributed by atoms with Crippen molar-refractivity contribution in [1.82, 2.24) is 10.3 Å². The molecule has 1 aromatic heterocycles. The molecule has 136 valence electrons. The summed E-state index contributed by atoms with van der Waals surface area (Å²) < 4.78 is 5.41. The van der Waals surface area contributed by atoms with Gasteiger partial charge in [-0.05, 0) is 42.9 Å². The van der Waals surface area contributed by atoms with Crippen LogP contribution in [-0.4, -0.2) is 17.1 Å². The Bertz CT molecular complexity index is 744. The van der Waals surface area contributed by atoms with Crippen molar-refractivity contribution in [3.63, 3.8) is 0 Å². The minimum atomic E-state index is -0.387. The van der Waals surface area contributed by atoms with E-state index in [-0.39, 0.29) is 18.7 Å². The Labute approximate surface area is 154 Å². The van der Waals surface area contributed by atoms with Crippen LogP contribution in [0.3, 0.4) is 0 Å². The number of alkyl carbamates (subject to hydrolysis) is 1. The summed E-state index contributed by atoms with van der Waals surface area (Å²) in [7, 11) is 0. The van der Waals surface area contributed by atoms with Crippen LogP contribution in [0.4, 0.5) is 10.5 Å². The Morgan fingerprint density at radius 1 is 1.15 bits per heavy atom.